The highest BCUT2D eigenvalue weighted by Gasteiger charge is 2.18. The molecule has 1 aliphatic heterocycles. The van der Waals surface area contributed by atoms with Crippen LogP contribution >= 0.6 is 0 Å². The van der Waals surface area contributed by atoms with E-state index in [1.807, 2.05) is 19.1 Å². The molecule has 0 aliphatic carbocycles. The lowest BCUT2D eigenvalue weighted by molar-refractivity contribution is 0.0953. The summed E-state index contributed by atoms with van der Waals surface area (Å²) in [4.78, 5) is 18.4. The number of hydrogen-bond donors (Lipinski definition) is 2. The number of hydrogen-bond acceptors (Lipinski definition) is 2. The Bertz CT molecular complexity index is 932. The fourth-order valence-electron chi connectivity index (χ4n) is 3.83. The van der Waals surface area contributed by atoms with E-state index in [0.717, 1.165) is 48.2 Å². The van der Waals surface area contributed by atoms with Crippen molar-refractivity contribution in [2.24, 2.45) is 0 Å². The van der Waals surface area contributed by atoms with Crippen LogP contribution in [-0.4, -0.2) is 28.9 Å². The molecule has 0 unspecified atom stereocenters. The zero-order valence-corrected chi connectivity index (χ0v) is 15.4. The van der Waals surface area contributed by atoms with Crippen molar-refractivity contribution in [3.8, 4) is 0 Å². The third kappa shape index (κ3) is 3.13. The summed E-state index contributed by atoms with van der Waals surface area (Å²) >= 11 is 0. The van der Waals surface area contributed by atoms with Gasteiger partial charge in [-0.1, -0.05) is 36.4 Å². The number of fused-ring (bicyclic) bond motifs is 2. The molecule has 26 heavy (non-hydrogen) atoms. The maximum Gasteiger partial charge on any atom is 0.253 e. The number of aryl methyl sites for hydroxylation is 2. The molecule has 2 aromatic carbocycles. The van der Waals surface area contributed by atoms with Crippen molar-refractivity contribution in [3.05, 3.63) is 70.4 Å². The standard InChI is InChI=1S/C22H25N3O/c1-15-16(2)24-21-19(15)9-5-10-20(21)22(26)23-11-6-12-25-13-17-7-3-4-8-18(17)14-25/h3-5,7-10,24H,6,11-14H2,1-2H3,(H,23,26). The van der Waals surface area contributed by atoms with Crippen molar-refractivity contribution in [3.63, 3.8) is 0 Å². The number of para-hydroxylation sites is 1. The van der Waals surface area contributed by atoms with Gasteiger partial charge in [-0.25, -0.2) is 0 Å². The van der Waals surface area contributed by atoms with Crippen LogP contribution in [0.25, 0.3) is 10.9 Å². The highest BCUT2D eigenvalue weighted by atomic mass is 16.1. The highest BCUT2D eigenvalue weighted by Crippen LogP contribution is 2.24. The molecule has 0 radical (unpaired) electrons. The summed E-state index contributed by atoms with van der Waals surface area (Å²) in [6.45, 7) is 7.87. The van der Waals surface area contributed by atoms with Crippen LogP contribution in [0.2, 0.25) is 0 Å². The normalized spacial score (nSPS) is 13.9. The number of nitrogens with zero attached hydrogens (tertiary/aromatic N) is 1. The molecule has 0 saturated heterocycles. The van der Waals surface area contributed by atoms with Crippen LogP contribution in [0.4, 0.5) is 0 Å². The minimum absolute atomic E-state index is 0.00144. The molecule has 134 valence electrons. The van der Waals surface area contributed by atoms with Crippen molar-refractivity contribution in [2.75, 3.05) is 13.1 Å². The first-order valence-electron chi connectivity index (χ1n) is 9.28. The second-order valence-corrected chi connectivity index (χ2v) is 7.19. The largest absolute Gasteiger partial charge is 0.358 e. The Hall–Kier alpha value is -2.59. The van der Waals surface area contributed by atoms with Gasteiger partial charge in [-0.2, -0.15) is 0 Å². The van der Waals surface area contributed by atoms with Crippen molar-refractivity contribution in [1.29, 1.82) is 0 Å². The minimum Gasteiger partial charge on any atom is -0.358 e. The maximum atomic E-state index is 12.6. The predicted molar refractivity (Wildman–Crippen MR) is 105 cm³/mol. The van der Waals surface area contributed by atoms with Gasteiger partial charge in [0.1, 0.15) is 0 Å². The Balaban J connectivity index is 1.32. The van der Waals surface area contributed by atoms with Crippen molar-refractivity contribution < 1.29 is 4.79 Å². The van der Waals surface area contributed by atoms with Crippen LogP contribution in [-0.2, 0) is 13.1 Å². The first-order valence-corrected chi connectivity index (χ1v) is 9.28. The molecule has 1 aliphatic rings. The summed E-state index contributed by atoms with van der Waals surface area (Å²) in [5, 5.41) is 4.21. The molecule has 2 N–H and O–H groups in total. The third-order valence-electron chi connectivity index (χ3n) is 5.43. The number of benzene rings is 2. The number of H-pyrrole nitrogens is 1. The summed E-state index contributed by atoms with van der Waals surface area (Å²) in [5.41, 5.74) is 6.86. The second kappa shape index (κ2) is 6.96. The molecule has 0 spiro atoms. The summed E-state index contributed by atoms with van der Waals surface area (Å²) in [6, 6.07) is 14.5. The van der Waals surface area contributed by atoms with Gasteiger partial charge in [-0.15, -0.1) is 0 Å². The van der Waals surface area contributed by atoms with E-state index in [9.17, 15) is 4.79 Å². The zero-order chi connectivity index (χ0) is 18.1. The van der Waals surface area contributed by atoms with E-state index < -0.39 is 0 Å². The Labute approximate surface area is 154 Å². The minimum atomic E-state index is 0.00144. The monoisotopic (exact) mass is 347 g/mol. The summed E-state index contributed by atoms with van der Waals surface area (Å²) in [5.74, 6) is 0.00144. The number of aromatic amines is 1. The smallest absolute Gasteiger partial charge is 0.253 e. The maximum absolute atomic E-state index is 12.6. The molecule has 4 nitrogen and oxygen atoms in total. The predicted octanol–water partition coefficient (Wildman–Crippen LogP) is 3.92. The molecule has 0 bridgehead atoms. The van der Waals surface area contributed by atoms with E-state index in [0.29, 0.717) is 6.54 Å². The van der Waals surface area contributed by atoms with Gasteiger partial charge >= 0.3 is 0 Å². The number of aromatic nitrogens is 1. The number of nitrogens with one attached hydrogen (secondary N) is 2. The van der Waals surface area contributed by atoms with Crippen LogP contribution < -0.4 is 5.32 Å². The molecule has 3 aromatic rings. The van der Waals surface area contributed by atoms with Gasteiger partial charge in [-0.05, 0) is 43.0 Å². The molecular formula is C22H25N3O. The lowest BCUT2D eigenvalue weighted by atomic mass is 10.1. The number of carbonyl (C=O) groups is 1. The molecule has 4 heteroatoms. The van der Waals surface area contributed by atoms with Crippen LogP contribution in [0, 0.1) is 13.8 Å². The van der Waals surface area contributed by atoms with Gasteiger partial charge in [0.25, 0.3) is 5.91 Å². The zero-order valence-electron chi connectivity index (χ0n) is 15.4. The SMILES string of the molecule is Cc1[nH]c2c(C(=O)NCCCN3Cc4ccccc4C3)cccc2c1C. The van der Waals surface area contributed by atoms with Gasteiger partial charge in [0.2, 0.25) is 0 Å². The number of carbonyl (C=O) groups excluding carboxylic acids is 1. The van der Waals surface area contributed by atoms with Gasteiger partial charge in [0.15, 0.2) is 0 Å². The van der Waals surface area contributed by atoms with Crippen LogP contribution in [0.5, 0.6) is 0 Å². The second-order valence-electron chi connectivity index (χ2n) is 7.19. The van der Waals surface area contributed by atoms with E-state index in [-0.39, 0.29) is 5.91 Å². The van der Waals surface area contributed by atoms with Crippen LogP contribution in [0.1, 0.15) is 39.2 Å². The fourth-order valence-corrected chi connectivity index (χ4v) is 3.83. The van der Waals surface area contributed by atoms with E-state index >= 15 is 0 Å². The Morgan fingerprint density at radius 3 is 2.54 bits per heavy atom. The molecular weight excluding hydrogens is 322 g/mol. The van der Waals surface area contributed by atoms with E-state index in [4.69, 9.17) is 0 Å². The topological polar surface area (TPSA) is 48.1 Å². The molecule has 0 saturated carbocycles. The quantitative estimate of drug-likeness (QED) is 0.687. The first-order chi connectivity index (χ1) is 12.6. The van der Waals surface area contributed by atoms with Gasteiger partial charge in [0, 0.05) is 37.3 Å². The molecule has 0 atom stereocenters. The van der Waals surface area contributed by atoms with E-state index in [2.05, 4.69) is 52.5 Å². The average Bonchev–Trinajstić information content (AvgIpc) is 3.19. The first kappa shape index (κ1) is 16.9. The number of rotatable bonds is 5. The van der Waals surface area contributed by atoms with Crippen molar-refractivity contribution >= 4 is 16.8 Å². The molecule has 0 fully saturated rings. The van der Waals surface area contributed by atoms with Crippen LogP contribution in [0.3, 0.4) is 0 Å². The summed E-state index contributed by atoms with van der Waals surface area (Å²) in [6.07, 6.45) is 0.957. The van der Waals surface area contributed by atoms with E-state index in [1.165, 1.54) is 16.7 Å². The molecule has 2 heterocycles. The summed E-state index contributed by atoms with van der Waals surface area (Å²) in [7, 11) is 0. The van der Waals surface area contributed by atoms with Gasteiger partial charge in [-0.3, -0.25) is 9.69 Å². The van der Waals surface area contributed by atoms with Crippen LogP contribution in [0.15, 0.2) is 42.5 Å². The molecule has 1 aromatic heterocycles. The summed E-state index contributed by atoms with van der Waals surface area (Å²) < 4.78 is 0. The Morgan fingerprint density at radius 2 is 1.81 bits per heavy atom. The highest BCUT2D eigenvalue weighted by molar-refractivity contribution is 6.06. The molecule has 4 rings (SSSR count). The number of amides is 1. The fraction of sp³-hybridized carbons (Fsp3) is 0.318. The lowest BCUT2D eigenvalue weighted by Crippen LogP contribution is -2.28. The molecule has 1 amide bonds. The average molecular weight is 347 g/mol. The Morgan fingerprint density at radius 1 is 1.08 bits per heavy atom. The van der Waals surface area contributed by atoms with Gasteiger partial charge < -0.3 is 10.3 Å². The van der Waals surface area contributed by atoms with Gasteiger partial charge in [0.05, 0.1) is 11.1 Å². The van der Waals surface area contributed by atoms with E-state index in [1.54, 1.807) is 0 Å². The lowest BCUT2D eigenvalue weighted by Gasteiger charge is -2.14. The third-order valence-corrected chi connectivity index (χ3v) is 5.43. The van der Waals surface area contributed by atoms with Crippen molar-refractivity contribution in [1.82, 2.24) is 15.2 Å². The van der Waals surface area contributed by atoms with Crippen molar-refractivity contribution in [2.45, 2.75) is 33.4 Å². The Kier molecular flexibility index (Phi) is 4.51.